The van der Waals surface area contributed by atoms with Crippen LogP contribution in [-0.2, 0) is 14.3 Å². The number of rotatable bonds is 3. The van der Waals surface area contributed by atoms with Gasteiger partial charge in [0.1, 0.15) is 6.04 Å². The van der Waals surface area contributed by atoms with Gasteiger partial charge >= 0.3 is 0 Å². The normalized spacial score (nSPS) is 33.6. The molecule has 2 amide bonds. The molecule has 0 aromatic heterocycles. The fraction of sp³-hybridized carbons (Fsp3) is 0.867. The van der Waals surface area contributed by atoms with Crippen molar-refractivity contribution in [1.29, 1.82) is 0 Å². The predicted octanol–water partition coefficient (Wildman–Crippen LogP) is 0.00990. The number of amides is 2. The average molecular weight is 295 g/mol. The van der Waals surface area contributed by atoms with Gasteiger partial charge in [-0.15, -0.1) is 0 Å². The Balaban J connectivity index is 1.67. The van der Waals surface area contributed by atoms with E-state index in [4.69, 9.17) is 10.5 Å². The van der Waals surface area contributed by atoms with Crippen LogP contribution >= 0.6 is 0 Å². The highest BCUT2D eigenvalue weighted by molar-refractivity contribution is 5.89. The topological polar surface area (TPSA) is 84.7 Å². The minimum atomic E-state index is -0.485. The molecule has 3 atom stereocenters. The zero-order valence-electron chi connectivity index (χ0n) is 12.4. The van der Waals surface area contributed by atoms with Crippen LogP contribution in [0.5, 0.6) is 0 Å². The van der Waals surface area contributed by atoms with E-state index in [1.165, 1.54) is 0 Å². The fourth-order valence-electron chi connectivity index (χ4n) is 3.29. The summed E-state index contributed by atoms with van der Waals surface area (Å²) in [7, 11) is 0. The molecule has 3 unspecified atom stereocenters. The Morgan fingerprint density at radius 2 is 1.90 bits per heavy atom. The summed E-state index contributed by atoms with van der Waals surface area (Å²) in [6.45, 7) is 1.29. The van der Waals surface area contributed by atoms with Gasteiger partial charge in [0.25, 0.3) is 0 Å². The molecule has 2 saturated carbocycles. The number of ether oxygens (including phenoxy) is 1. The molecular weight excluding hydrogens is 270 g/mol. The molecule has 1 aliphatic heterocycles. The summed E-state index contributed by atoms with van der Waals surface area (Å²) in [4.78, 5) is 26.8. The van der Waals surface area contributed by atoms with Crippen LogP contribution < -0.4 is 11.1 Å². The van der Waals surface area contributed by atoms with Crippen LogP contribution in [0.2, 0.25) is 0 Å². The molecule has 3 fully saturated rings. The monoisotopic (exact) mass is 295 g/mol. The van der Waals surface area contributed by atoms with E-state index < -0.39 is 6.04 Å². The van der Waals surface area contributed by atoms with Gasteiger partial charge in [-0.25, -0.2) is 0 Å². The number of hydrogen-bond donors (Lipinski definition) is 2. The van der Waals surface area contributed by atoms with Crippen molar-refractivity contribution in [3.05, 3.63) is 0 Å². The van der Waals surface area contributed by atoms with Crippen molar-refractivity contribution in [2.45, 2.75) is 56.7 Å². The first-order chi connectivity index (χ1) is 10.2. The van der Waals surface area contributed by atoms with Crippen molar-refractivity contribution in [1.82, 2.24) is 10.2 Å². The lowest BCUT2D eigenvalue weighted by Gasteiger charge is -2.39. The Labute approximate surface area is 125 Å². The van der Waals surface area contributed by atoms with Crippen molar-refractivity contribution in [3.8, 4) is 0 Å². The number of hydrogen-bond acceptors (Lipinski definition) is 4. The number of nitrogens with zero attached hydrogens (tertiary/aromatic N) is 1. The van der Waals surface area contributed by atoms with Gasteiger partial charge in [-0.05, 0) is 25.7 Å². The standard InChI is InChI=1S/C15H25N3O3/c16-12-4-2-1-3-11(12)15(20)18-7-8-21-9-13(18)14(19)17-10-5-6-10/h10-13H,1-9,16H2,(H,17,19). The first-order valence-electron chi connectivity index (χ1n) is 8.11. The van der Waals surface area contributed by atoms with Crippen LogP contribution in [0.1, 0.15) is 38.5 Å². The Morgan fingerprint density at radius 3 is 2.62 bits per heavy atom. The average Bonchev–Trinajstić information content (AvgIpc) is 3.31. The van der Waals surface area contributed by atoms with Crippen LogP contribution in [-0.4, -0.2) is 54.6 Å². The van der Waals surface area contributed by atoms with Gasteiger partial charge in [0.15, 0.2) is 0 Å². The van der Waals surface area contributed by atoms with Crippen LogP contribution in [0.15, 0.2) is 0 Å². The van der Waals surface area contributed by atoms with Gasteiger partial charge in [0.2, 0.25) is 11.8 Å². The van der Waals surface area contributed by atoms with E-state index in [9.17, 15) is 9.59 Å². The fourth-order valence-corrected chi connectivity index (χ4v) is 3.29. The van der Waals surface area contributed by atoms with Crippen LogP contribution in [0.3, 0.4) is 0 Å². The van der Waals surface area contributed by atoms with Gasteiger partial charge in [0, 0.05) is 18.6 Å². The zero-order valence-corrected chi connectivity index (χ0v) is 12.4. The van der Waals surface area contributed by atoms with Crippen molar-refractivity contribution in [3.63, 3.8) is 0 Å². The lowest BCUT2D eigenvalue weighted by molar-refractivity contribution is -0.152. The smallest absolute Gasteiger partial charge is 0.245 e. The van der Waals surface area contributed by atoms with E-state index in [2.05, 4.69) is 5.32 Å². The number of carbonyl (C=O) groups excluding carboxylic acids is 2. The lowest BCUT2D eigenvalue weighted by Crippen LogP contribution is -2.59. The third-order valence-corrected chi connectivity index (χ3v) is 4.77. The van der Waals surface area contributed by atoms with E-state index in [0.717, 1.165) is 38.5 Å². The zero-order chi connectivity index (χ0) is 14.8. The first-order valence-corrected chi connectivity index (χ1v) is 8.11. The largest absolute Gasteiger partial charge is 0.377 e. The maximum atomic E-state index is 12.8. The Hall–Kier alpha value is -1.14. The van der Waals surface area contributed by atoms with Crippen LogP contribution in [0.4, 0.5) is 0 Å². The number of nitrogens with one attached hydrogen (secondary N) is 1. The molecule has 1 heterocycles. The molecule has 0 bridgehead atoms. The molecule has 0 spiro atoms. The third kappa shape index (κ3) is 3.37. The predicted molar refractivity (Wildman–Crippen MR) is 77.4 cm³/mol. The molecule has 3 rings (SSSR count). The van der Waals surface area contributed by atoms with Gasteiger partial charge < -0.3 is 20.7 Å². The highest BCUT2D eigenvalue weighted by Crippen LogP contribution is 2.26. The van der Waals surface area contributed by atoms with Gasteiger partial charge in [-0.3, -0.25) is 9.59 Å². The lowest BCUT2D eigenvalue weighted by atomic mass is 9.84. The Kier molecular flexibility index (Phi) is 4.45. The summed E-state index contributed by atoms with van der Waals surface area (Å²) >= 11 is 0. The van der Waals surface area contributed by atoms with Crippen molar-refractivity contribution >= 4 is 11.8 Å². The molecule has 2 aliphatic carbocycles. The SMILES string of the molecule is NC1CCCCC1C(=O)N1CCOCC1C(=O)NC1CC1. The number of morpholine rings is 1. The molecule has 0 radical (unpaired) electrons. The highest BCUT2D eigenvalue weighted by atomic mass is 16.5. The molecule has 6 nitrogen and oxygen atoms in total. The van der Waals surface area contributed by atoms with E-state index >= 15 is 0 Å². The third-order valence-electron chi connectivity index (χ3n) is 4.77. The van der Waals surface area contributed by atoms with Crippen molar-refractivity contribution in [2.24, 2.45) is 11.7 Å². The van der Waals surface area contributed by atoms with E-state index in [-0.39, 0.29) is 23.8 Å². The summed E-state index contributed by atoms with van der Waals surface area (Å²) in [6, 6.07) is -0.254. The second-order valence-electron chi connectivity index (χ2n) is 6.46. The minimum Gasteiger partial charge on any atom is -0.377 e. The Bertz CT molecular complexity index is 411. The molecule has 118 valence electrons. The van der Waals surface area contributed by atoms with Crippen LogP contribution in [0.25, 0.3) is 0 Å². The van der Waals surface area contributed by atoms with Gasteiger partial charge in [-0.2, -0.15) is 0 Å². The maximum absolute atomic E-state index is 12.8. The van der Waals surface area contributed by atoms with Gasteiger partial charge in [0.05, 0.1) is 19.1 Å². The van der Waals surface area contributed by atoms with Crippen molar-refractivity contribution in [2.75, 3.05) is 19.8 Å². The number of nitrogens with two attached hydrogens (primary N) is 1. The molecule has 6 heteroatoms. The highest BCUT2D eigenvalue weighted by Gasteiger charge is 2.39. The van der Waals surface area contributed by atoms with E-state index in [1.54, 1.807) is 4.90 Å². The summed E-state index contributed by atoms with van der Waals surface area (Å²) in [5.74, 6) is -0.163. The van der Waals surface area contributed by atoms with Crippen molar-refractivity contribution < 1.29 is 14.3 Å². The summed E-state index contributed by atoms with van der Waals surface area (Å²) in [5, 5.41) is 2.98. The molecule has 21 heavy (non-hydrogen) atoms. The summed E-state index contributed by atoms with van der Waals surface area (Å²) < 4.78 is 5.41. The Morgan fingerprint density at radius 1 is 1.14 bits per heavy atom. The quantitative estimate of drug-likeness (QED) is 0.768. The summed E-state index contributed by atoms with van der Waals surface area (Å²) in [6.07, 6.45) is 5.97. The molecule has 3 N–H and O–H groups in total. The summed E-state index contributed by atoms with van der Waals surface area (Å²) in [5.41, 5.74) is 6.12. The molecule has 1 saturated heterocycles. The molecule has 0 aromatic rings. The van der Waals surface area contributed by atoms with Gasteiger partial charge in [-0.1, -0.05) is 12.8 Å². The minimum absolute atomic E-state index is 0.0430. The second kappa shape index (κ2) is 6.32. The molecular formula is C15H25N3O3. The molecule has 0 aromatic carbocycles. The van der Waals surface area contributed by atoms with E-state index in [0.29, 0.717) is 25.8 Å². The van der Waals surface area contributed by atoms with Crippen LogP contribution in [0, 0.1) is 5.92 Å². The number of carbonyl (C=O) groups is 2. The van der Waals surface area contributed by atoms with E-state index in [1.807, 2.05) is 0 Å². The first kappa shape index (κ1) is 14.8. The maximum Gasteiger partial charge on any atom is 0.245 e. The molecule has 3 aliphatic rings. The second-order valence-corrected chi connectivity index (χ2v) is 6.46.